The lowest BCUT2D eigenvalue weighted by molar-refractivity contribution is -0.123. The summed E-state index contributed by atoms with van der Waals surface area (Å²) in [5.74, 6) is 0.215. The maximum Gasteiger partial charge on any atom is 0.317 e. The van der Waals surface area contributed by atoms with E-state index >= 15 is 0 Å². The number of primary amides is 1. The molecule has 3 rings (SSSR count). The molecule has 1 aliphatic heterocycles. The van der Waals surface area contributed by atoms with E-state index in [0.29, 0.717) is 31.8 Å². The first kappa shape index (κ1) is 14.9. The molecular formula is C17H23N3O2. The molecule has 1 atom stereocenters. The largest absolute Gasteiger partial charge is 0.369 e. The molecule has 0 radical (unpaired) electrons. The Bertz CT molecular complexity index is 534. The van der Waals surface area contributed by atoms with Gasteiger partial charge in [0.2, 0.25) is 5.91 Å². The summed E-state index contributed by atoms with van der Waals surface area (Å²) >= 11 is 0. The molecule has 1 aliphatic carbocycles. The molecule has 1 saturated carbocycles. The van der Waals surface area contributed by atoms with Gasteiger partial charge in [-0.15, -0.1) is 0 Å². The van der Waals surface area contributed by atoms with Crippen molar-refractivity contribution in [3.63, 3.8) is 0 Å². The molecule has 2 fully saturated rings. The molecule has 1 saturated heterocycles. The number of benzene rings is 1. The first-order valence-electron chi connectivity index (χ1n) is 8.05. The standard InChI is InChI=1S/C17H23N3O2/c18-16(21)14-8-10-20(11-9-14)17(22)19-15(13-6-7-13)12-4-2-1-3-5-12/h1-5,13-15H,6-11H2,(H2,18,21)(H,19,22)/t15-/m1/s1. The Morgan fingerprint density at radius 3 is 2.27 bits per heavy atom. The van der Waals surface area contributed by atoms with Crippen LogP contribution in [0, 0.1) is 11.8 Å². The summed E-state index contributed by atoms with van der Waals surface area (Å²) < 4.78 is 0. The number of rotatable bonds is 4. The SMILES string of the molecule is NC(=O)C1CCN(C(=O)N[C@H](c2ccccc2)C2CC2)CC1. The van der Waals surface area contributed by atoms with E-state index in [1.807, 2.05) is 18.2 Å². The second kappa shape index (κ2) is 6.38. The van der Waals surface area contributed by atoms with Crippen molar-refractivity contribution >= 4 is 11.9 Å². The number of piperidine rings is 1. The van der Waals surface area contributed by atoms with E-state index in [9.17, 15) is 9.59 Å². The number of carbonyl (C=O) groups excluding carboxylic acids is 2. The van der Waals surface area contributed by atoms with Gasteiger partial charge in [0.15, 0.2) is 0 Å². The van der Waals surface area contributed by atoms with Crippen molar-refractivity contribution in [2.75, 3.05) is 13.1 Å². The zero-order valence-electron chi connectivity index (χ0n) is 12.7. The minimum absolute atomic E-state index is 0.0244. The fourth-order valence-electron chi connectivity index (χ4n) is 3.15. The van der Waals surface area contributed by atoms with Crippen LogP contribution in [0.15, 0.2) is 30.3 Å². The van der Waals surface area contributed by atoms with Crippen LogP contribution in [0.2, 0.25) is 0 Å². The zero-order chi connectivity index (χ0) is 15.5. The van der Waals surface area contributed by atoms with Crippen LogP contribution >= 0.6 is 0 Å². The Morgan fingerprint density at radius 1 is 1.09 bits per heavy atom. The van der Waals surface area contributed by atoms with Crippen LogP contribution in [0.25, 0.3) is 0 Å². The van der Waals surface area contributed by atoms with Crippen LogP contribution in [0.5, 0.6) is 0 Å². The Morgan fingerprint density at radius 2 is 1.73 bits per heavy atom. The summed E-state index contributed by atoms with van der Waals surface area (Å²) in [7, 11) is 0. The Kier molecular flexibility index (Phi) is 4.32. The van der Waals surface area contributed by atoms with E-state index < -0.39 is 0 Å². The third-order valence-corrected chi connectivity index (χ3v) is 4.72. The number of nitrogens with two attached hydrogens (primary N) is 1. The van der Waals surface area contributed by atoms with Crippen LogP contribution in [-0.2, 0) is 4.79 Å². The van der Waals surface area contributed by atoms with Gasteiger partial charge in [0, 0.05) is 19.0 Å². The van der Waals surface area contributed by atoms with Crippen molar-refractivity contribution in [1.29, 1.82) is 0 Å². The minimum Gasteiger partial charge on any atom is -0.369 e. The number of urea groups is 1. The molecule has 0 bridgehead atoms. The first-order valence-corrected chi connectivity index (χ1v) is 8.05. The minimum atomic E-state index is -0.250. The molecular weight excluding hydrogens is 278 g/mol. The van der Waals surface area contributed by atoms with E-state index in [1.165, 1.54) is 18.4 Å². The molecule has 1 heterocycles. The monoisotopic (exact) mass is 301 g/mol. The number of carbonyl (C=O) groups is 2. The third-order valence-electron chi connectivity index (χ3n) is 4.72. The highest BCUT2D eigenvalue weighted by Crippen LogP contribution is 2.41. The summed E-state index contributed by atoms with van der Waals surface area (Å²) in [6, 6.07) is 10.2. The number of hydrogen-bond acceptors (Lipinski definition) is 2. The fourth-order valence-corrected chi connectivity index (χ4v) is 3.15. The van der Waals surface area contributed by atoms with Gasteiger partial charge in [-0.3, -0.25) is 4.79 Å². The van der Waals surface area contributed by atoms with Gasteiger partial charge in [0.1, 0.15) is 0 Å². The summed E-state index contributed by atoms with van der Waals surface area (Å²) in [6.07, 6.45) is 3.68. The molecule has 1 aromatic rings. The van der Waals surface area contributed by atoms with Crippen molar-refractivity contribution < 1.29 is 9.59 Å². The molecule has 0 spiro atoms. The van der Waals surface area contributed by atoms with Crippen LogP contribution in [0.1, 0.15) is 37.3 Å². The molecule has 118 valence electrons. The van der Waals surface area contributed by atoms with Crippen LogP contribution in [-0.4, -0.2) is 29.9 Å². The fraction of sp³-hybridized carbons (Fsp3) is 0.529. The molecule has 5 nitrogen and oxygen atoms in total. The number of likely N-dealkylation sites (tertiary alicyclic amines) is 1. The topological polar surface area (TPSA) is 75.4 Å². The highest BCUT2D eigenvalue weighted by Gasteiger charge is 2.35. The average Bonchev–Trinajstić information content (AvgIpc) is 3.38. The van der Waals surface area contributed by atoms with E-state index in [-0.39, 0.29) is 23.9 Å². The van der Waals surface area contributed by atoms with Gasteiger partial charge in [-0.05, 0) is 37.2 Å². The van der Waals surface area contributed by atoms with Gasteiger partial charge in [-0.25, -0.2) is 4.79 Å². The van der Waals surface area contributed by atoms with E-state index in [2.05, 4.69) is 17.4 Å². The van der Waals surface area contributed by atoms with E-state index in [1.54, 1.807) is 4.90 Å². The van der Waals surface area contributed by atoms with Crippen molar-refractivity contribution in [3.8, 4) is 0 Å². The second-order valence-corrected chi connectivity index (χ2v) is 6.34. The van der Waals surface area contributed by atoms with Gasteiger partial charge in [0.05, 0.1) is 6.04 Å². The van der Waals surface area contributed by atoms with E-state index in [4.69, 9.17) is 5.73 Å². The van der Waals surface area contributed by atoms with Gasteiger partial charge < -0.3 is 16.0 Å². The number of nitrogens with one attached hydrogen (secondary N) is 1. The van der Waals surface area contributed by atoms with Crippen LogP contribution in [0.3, 0.4) is 0 Å². The highest BCUT2D eigenvalue weighted by atomic mass is 16.2. The predicted molar refractivity (Wildman–Crippen MR) is 83.9 cm³/mol. The van der Waals surface area contributed by atoms with Crippen LogP contribution < -0.4 is 11.1 Å². The summed E-state index contributed by atoms with van der Waals surface area (Å²) in [5.41, 5.74) is 6.51. The first-order chi connectivity index (χ1) is 10.6. The average molecular weight is 301 g/mol. The van der Waals surface area contributed by atoms with Crippen molar-refractivity contribution in [2.24, 2.45) is 17.6 Å². The smallest absolute Gasteiger partial charge is 0.317 e. The molecule has 3 amide bonds. The molecule has 0 unspecified atom stereocenters. The molecule has 22 heavy (non-hydrogen) atoms. The molecule has 2 aliphatic rings. The van der Waals surface area contributed by atoms with Gasteiger partial charge in [0.25, 0.3) is 0 Å². The molecule has 3 N–H and O–H groups in total. The zero-order valence-corrected chi connectivity index (χ0v) is 12.7. The summed E-state index contributed by atoms with van der Waals surface area (Å²) in [5, 5.41) is 3.18. The normalized spacial score (nSPS) is 20.5. The Labute approximate surface area is 130 Å². The van der Waals surface area contributed by atoms with Crippen molar-refractivity contribution in [2.45, 2.75) is 31.7 Å². The van der Waals surface area contributed by atoms with Crippen LogP contribution in [0.4, 0.5) is 4.79 Å². The highest BCUT2D eigenvalue weighted by molar-refractivity contribution is 5.78. The Hall–Kier alpha value is -2.04. The molecule has 5 heteroatoms. The Balaban J connectivity index is 1.59. The summed E-state index contributed by atoms with van der Waals surface area (Å²) in [6.45, 7) is 1.21. The molecule has 0 aromatic heterocycles. The number of amides is 3. The third kappa shape index (κ3) is 3.40. The van der Waals surface area contributed by atoms with Crippen molar-refractivity contribution in [1.82, 2.24) is 10.2 Å². The maximum atomic E-state index is 12.5. The second-order valence-electron chi connectivity index (χ2n) is 6.34. The number of nitrogens with zero attached hydrogens (tertiary/aromatic N) is 1. The lowest BCUT2D eigenvalue weighted by Crippen LogP contribution is -2.47. The summed E-state index contributed by atoms with van der Waals surface area (Å²) in [4.78, 5) is 25.5. The quantitative estimate of drug-likeness (QED) is 0.893. The van der Waals surface area contributed by atoms with E-state index in [0.717, 1.165) is 0 Å². The lowest BCUT2D eigenvalue weighted by atomic mass is 9.96. The van der Waals surface area contributed by atoms with Gasteiger partial charge in [-0.2, -0.15) is 0 Å². The number of hydrogen-bond donors (Lipinski definition) is 2. The van der Waals surface area contributed by atoms with Crippen molar-refractivity contribution in [3.05, 3.63) is 35.9 Å². The lowest BCUT2D eigenvalue weighted by Gasteiger charge is -2.32. The molecule has 1 aromatic carbocycles. The predicted octanol–water partition coefficient (Wildman–Crippen LogP) is 2.04. The van der Waals surface area contributed by atoms with Gasteiger partial charge in [-0.1, -0.05) is 30.3 Å². The van der Waals surface area contributed by atoms with Gasteiger partial charge >= 0.3 is 6.03 Å². The maximum absolute atomic E-state index is 12.5.